The second-order valence-electron chi connectivity index (χ2n) is 5.38. The summed E-state index contributed by atoms with van der Waals surface area (Å²) < 4.78 is 0. The van der Waals surface area contributed by atoms with Crippen molar-refractivity contribution in [1.29, 1.82) is 5.26 Å². The van der Waals surface area contributed by atoms with E-state index in [-0.39, 0.29) is 12.4 Å². The van der Waals surface area contributed by atoms with Crippen molar-refractivity contribution < 1.29 is 0 Å². The minimum Gasteiger partial charge on any atom is -0.357 e. The van der Waals surface area contributed by atoms with Gasteiger partial charge in [0.25, 0.3) is 0 Å². The third-order valence-electron chi connectivity index (χ3n) is 3.75. The van der Waals surface area contributed by atoms with E-state index in [2.05, 4.69) is 16.4 Å². The number of benzene rings is 2. The zero-order valence-corrected chi connectivity index (χ0v) is 16.2. The van der Waals surface area contributed by atoms with Crippen molar-refractivity contribution in [3.8, 4) is 17.2 Å². The van der Waals surface area contributed by atoms with E-state index in [1.165, 1.54) is 0 Å². The first-order valence-electron chi connectivity index (χ1n) is 7.43. The van der Waals surface area contributed by atoms with Gasteiger partial charge in [-0.1, -0.05) is 40.9 Å². The van der Waals surface area contributed by atoms with Crippen LogP contribution in [0.15, 0.2) is 36.4 Å². The first kappa shape index (κ1) is 19.9. The number of aromatic amines is 1. The Kier molecular flexibility index (Phi) is 7.01. The molecule has 2 N–H and O–H groups in total. The van der Waals surface area contributed by atoms with Crippen molar-refractivity contribution in [2.45, 2.75) is 13.0 Å². The number of aromatic nitrogens is 1. The molecule has 1 aromatic heterocycles. The lowest BCUT2D eigenvalue weighted by atomic mass is 10.0. The first-order valence-corrected chi connectivity index (χ1v) is 8.56. The predicted molar refractivity (Wildman–Crippen MR) is 108 cm³/mol. The lowest BCUT2D eigenvalue weighted by Gasteiger charge is -2.09. The molecule has 0 unspecified atom stereocenters. The van der Waals surface area contributed by atoms with Crippen LogP contribution in [0, 0.1) is 11.3 Å². The van der Waals surface area contributed by atoms with E-state index in [4.69, 9.17) is 40.1 Å². The molecule has 0 aliphatic heterocycles. The Morgan fingerprint density at radius 3 is 2.48 bits per heavy atom. The number of nitrogens with zero attached hydrogens (tertiary/aromatic N) is 1. The van der Waals surface area contributed by atoms with Crippen LogP contribution in [0.25, 0.3) is 22.0 Å². The molecule has 130 valence electrons. The molecule has 3 nitrogen and oxygen atoms in total. The third-order valence-corrected chi connectivity index (χ3v) is 4.54. The molecule has 3 aromatic rings. The molecule has 0 saturated carbocycles. The van der Waals surface area contributed by atoms with Crippen molar-refractivity contribution in [3.05, 3.63) is 57.2 Å². The van der Waals surface area contributed by atoms with Crippen molar-refractivity contribution >= 4 is 58.1 Å². The molecule has 0 bridgehead atoms. The van der Waals surface area contributed by atoms with Gasteiger partial charge >= 0.3 is 0 Å². The van der Waals surface area contributed by atoms with Gasteiger partial charge in [-0.15, -0.1) is 12.4 Å². The molecule has 0 amide bonds. The van der Waals surface area contributed by atoms with E-state index in [0.29, 0.717) is 34.6 Å². The lowest BCUT2D eigenvalue weighted by Crippen LogP contribution is -2.15. The number of hydrogen-bond donors (Lipinski definition) is 2. The molecule has 1 heterocycles. The smallest absolute Gasteiger partial charge is 0.0635 e. The van der Waals surface area contributed by atoms with Crippen molar-refractivity contribution in [1.82, 2.24) is 10.3 Å². The van der Waals surface area contributed by atoms with Gasteiger partial charge in [0, 0.05) is 62.3 Å². The second-order valence-corrected chi connectivity index (χ2v) is 6.66. The minimum absolute atomic E-state index is 0. The summed E-state index contributed by atoms with van der Waals surface area (Å²) in [6, 6.07) is 13.3. The highest BCUT2D eigenvalue weighted by Gasteiger charge is 2.16. The Morgan fingerprint density at radius 1 is 1.04 bits per heavy atom. The number of hydrogen-bond acceptors (Lipinski definition) is 2. The summed E-state index contributed by atoms with van der Waals surface area (Å²) in [4.78, 5) is 3.41. The molecule has 0 spiro atoms. The number of fused-ring (bicyclic) bond motifs is 1. The summed E-state index contributed by atoms with van der Waals surface area (Å²) in [6.45, 7) is 1.22. The van der Waals surface area contributed by atoms with Crippen LogP contribution < -0.4 is 5.32 Å². The molecule has 0 atom stereocenters. The monoisotopic (exact) mass is 413 g/mol. The summed E-state index contributed by atoms with van der Waals surface area (Å²) in [5.74, 6) is 0. The zero-order valence-electron chi connectivity index (χ0n) is 13.1. The molecule has 0 aliphatic rings. The number of halogens is 4. The molecular formula is C18H15Cl4N3. The van der Waals surface area contributed by atoms with E-state index in [9.17, 15) is 0 Å². The number of nitriles is 1. The standard InChI is InChI=1S/C18H14Cl3N3.ClH/c19-11-3-5-16-14(8-11)18(13-4-2-12(20)9-15(13)21)17(24-16)10-23-7-1-6-22;/h2-5,8-9,23-24H,1,7,10H2;1H. The average Bonchev–Trinajstić information content (AvgIpc) is 2.89. The molecule has 0 saturated heterocycles. The van der Waals surface area contributed by atoms with Gasteiger partial charge in [-0.25, -0.2) is 0 Å². The largest absolute Gasteiger partial charge is 0.357 e. The topological polar surface area (TPSA) is 51.6 Å². The fourth-order valence-corrected chi connectivity index (χ4v) is 3.39. The first-order chi connectivity index (χ1) is 11.6. The van der Waals surface area contributed by atoms with Gasteiger partial charge in [0.2, 0.25) is 0 Å². The minimum atomic E-state index is 0. The normalized spacial score (nSPS) is 10.5. The van der Waals surface area contributed by atoms with Crippen molar-refractivity contribution in [2.24, 2.45) is 0 Å². The summed E-state index contributed by atoms with van der Waals surface area (Å²) in [6.07, 6.45) is 0.461. The van der Waals surface area contributed by atoms with Crippen LogP contribution in [0.1, 0.15) is 12.1 Å². The molecule has 2 aromatic carbocycles. The number of H-pyrrole nitrogens is 1. The summed E-state index contributed by atoms with van der Waals surface area (Å²) >= 11 is 18.6. The van der Waals surface area contributed by atoms with Gasteiger partial charge in [-0.2, -0.15) is 5.26 Å². The van der Waals surface area contributed by atoms with Crippen LogP contribution in [0.3, 0.4) is 0 Å². The van der Waals surface area contributed by atoms with Crippen LogP contribution in [-0.2, 0) is 6.54 Å². The summed E-state index contributed by atoms with van der Waals surface area (Å²) in [7, 11) is 0. The third kappa shape index (κ3) is 4.41. The maximum absolute atomic E-state index is 8.66. The zero-order chi connectivity index (χ0) is 17.1. The number of nitrogens with one attached hydrogen (secondary N) is 2. The molecular weight excluding hydrogens is 400 g/mol. The highest BCUT2D eigenvalue weighted by molar-refractivity contribution is 6.37. The second kappa shape index (κ2) is 8.80. The van der Waals surface area contributed by atoms with Gasteiger partial charge in [0.05, 0.1) is 6.07 Å². The van der Waals surface area contributed by atoms with Gasteiger partial charge < -0.3 is 10.3 Å². The fraction of sp³-hybridized carbons (Fsp3) is 0.167. The lowest BCUT2D eigenvalue weighted by molar-refractivity contribution is 0.690. The van der Waals surface area contributed by atoms with Gasteiger partial charge in [-0.05, 0) is 30.3 Å². The Labute approximate surface area is 167 Å². The van der Waals surface area contributed by atoms with Crippen LogP contribution >= 0.6 is 47.2 Å². The summed E-state index contributed by atoms with van der Waals surface area (Å²) in [5, 5.41) is 14.8. The molecule has 7 heteroatoms. The molecule has 3 rings (SSSR count). The predicted octanol–water partition coefficient (Wildman–Crippen LogP) is 6.22. The van der Waals surface area contributed by atoms with E-state index in [1.54, 1.807) is 6.07 Å². The van der Waals surface area contributed by atoms with E-state index in [1.807, 2.05) is 30.3 Å². The maximum atomic E-state index is 8.66. The SMILES string of the molecule is Cl.N#CCCNCc1[nH]c2ccc(Cl)cc2c1-c1ccc(Cl)cc1Cl. The van der Waals surface area contributed by atoms with Crippen LogP contribution in [0.5, 0.6) is 0 Å². The average molecular weight is 415 g/mol. The van der Waals surface area contributed by atoms with Crippen molar-refractivity contribution in [3.63, 3.8) is 0 Å². The Morgan fingerprint density at radius 2 is 1.76 bits per heavy atom. The molecule has 25 heavy (non-hydrogen) atoms. The fourth-order valence-electron chi connectivity index (χ4n) is 2.71. The Hall–Kier alpha value is -1.41. The molecule has 0 radical (unpaired) electrons. The highest BCUT2D eigenvalue weighted by atomic mass is 35.5. The van der Waals surface area contributed by atoms with Gasteiger partial charge in [0.1, 0.15) is 0 Å². The quantitative estimate of drug-likeness (QED) is 0.486. The van der Waals surface area contributed by atoms with Crippen LogP contribution in [-0.4, -0.2) is 11.5 Å². The van der Waals surface area contributed by atoms with Gasteiger partial charge in [-0.3, -0.25) is 0 Å². The molecule has 0 fully saturated rings. The van der Waals surface area contributed by atoms with Crippen molar-refractivity contribution in [2.75, 3.05) is 6.54 Å². The van der Waals surface area contributed by atoms with Gasteiger partial charge in [0.15, 0.2) is 0 Å². The summed E-state index contributed by atoms with van der Waals surface area (Å²) in [5.41, 5.74) is 3.87. The van der Waals surface area contributed by atoms with E-state index in [0.717, 1.165) is 27.7 Å². The molecule has 0 aliphatic carbocycles. The maximum Gasteiger partial charge on any atom is 0.0635 e. The van der Waals surface area contributed by atoms with E-state index >= 15 is 0 Å². The Bertz CT molecular complexity index is 928. The highest BCUT2D eigenvalue weighted by Crippen LogP contribution is 2.38. The van der Waals surface area contributed by atoms with Crippen LogP contribution in [0.2, 0.25) is 15.1 Å². The Balaban J connectivity index is 0.00000225. The number of rotatable bonds is 5. The van der Waals surface area contributed by atoms with E-state index < -0.39 is 0 Å². The van der Waals surface area contributed by atoms with Crippen LogP contribution in [0.4, 0.5) is 0 Å².